The summed E-state index contributed by atoms with van der Waals surface area (Å²) in [5, 5.41) is 2.70. The lowest BCUT2D eigenvalue weighted by Crippen LogP contribution is -2.18. The molecule has 1 amide bonds. The van der Waals surface area contributed by atoms with Gasteiger partial charge in [0.05, 0.1) is 0 Å². The molecular formula is C17H29NO. The molecule has 2 nitrogen and oxygen atoms in total. The monoisotopic (exact) mass is 263 g/mol. The zero-order valence-electron chi connectivity index (χ0n) is 12.7. The summed E-state index contributed by atoms with van der Waals surface area (Å²) in [7, 11) is 1.69. The number of hydrogen-bond acceptors (Lipinski definition) is 1. The van der Waals surface area contributed by atoms with E-state index in [4.69, 9.17) is 0 Å². The van der Waals surface area contributed by atoms with Crippen molar-refractivity contribution in [2.75, 3.05) is 7.05 Å². The first kappa shape index (κ1) is 17.7. The molecule has 1 atom stereocenters. The molecule has 0 aromatic rings. The molecule has 0 aromatic heterocycles. The van der Waals surface area contributed by atoms with Crippen molar-refractivity contribution in [3.63, 3.8) is 0 Å². The average molecular weight is 263 g/mol. The van der Waals surface area contributed by atoms with Gasteiger partial charge in [-0.3, -0.25) is 4.79 Å². The Morgan fingerprint density at radius 1 is 1.32 bits per heavy atom. The Labute approximate surface area is 118 Å². The molecule has 1 N–H and O–H groups in total. The molecule has 0 heterocycles. The number of rotatable bonds is 10. The van der Waals surface area contributed by atoms with Crippen LogP contribution in [0.3, 0.4) is 0 Å². The second-order valence-corrected chi connectivity index (χ2v) is 4.92. The van der Waals surface area contributed by atoms with E-state index >= 15 is 0 Å². The van der Waals surface area contributed by atoms with E-state index in [9.17, 15) is 4.79 Å². The van der Waals surface area contributed by atoms with Crippen LogP contribution in [0.1, 0.15) is 52.4 Å². The highest BCUT2D eigenvalue weighted by atomic mass is 16.1. The smallest absolute Gasteiger partial charge is 0.223 e. The van der Waals surface area contributed by atoms with Gasteiger partial charge in [0, 0.05) is 13.5 Å². The van der Waals surface area contributed by atoms with Gasteiger partial charge in [-0.2, -0.15) is 0 Å². The third-order valence-corrected chi connectivity index (χ3v) is 3.34. The van der Waals surface area contributed by atoms with Crippen LogP contribution in [0.5, 0.6) is 0 Å². The third kappa shape index (κ3) is 9.29. The average Bonchev–Trinajstić information content (AvgIpc) is 2.43. The van der Waals surface area contributed by atoms with Crippen molar-refractivity contribution in [1.29, 1.82) is 0 Å². The van der Waals surface area contributed by atoms with Gasteiger partial charge in [-0.1, -0.05) is 76.0 Å². The van der Waals surface area contributed by atoms with Crippen LogP contribution in [-0.4, -0.2) is 13.0 Å². The second-order valence-electron chi connectivity index (χ2n) is 4.92. The molecule has 0 saturated heterocycles. The molecule has 0 rings (SSSR count). The Hall–Kier alpha value is -1.31. The van der Waals surface area contributed by atoms with Crippen molar-refractivity contribution < 1.29 is 4.79 Å². The molecule has 108 valence electrons. The van der Waals surface area contributed by atoms with Crippen molar-refractivity contribution >= 4 is 5.91 Å². The first-order chi connectivity index (χ1) is 9.17. The van der Waals surface area contributed by atoms with Crippen LogP contribution in [-0.2, 0) is 4.79 Å². The first-order valence-electron chi connectivity index (χ1n) is 7.35. The predicted molar refractivity (Wildman–Crippen MR) is 84.0 cm³/mol. The molecule has 0 radical (unpaired) electrons. The van der Waals surface area contributed by atoms with Crippen LogP contribution in [0.2, 0.25) is 0 Å². The van der Waals surface area contributed by atoms with E-state index < -0.39 is 0 Å². The summed E-state index contributed by atoms with van der Waals surface area (Å²) >= 11 is 0. The fourth-order valence-corrected chi connectivity index (χ4v) is 2.08. The SMILES string of the molecule is C=C/C=C\C=C(\CC(=O)NC)CC(CC)CCCC. The molecular weight excluding hydrogens is 234 g/mol. The summed E-state index contributed by atoms with van der Waals surface area (Å²) in [6.45, 7) is 8.11. The molecule has 0 saturated carbocycles. The minimum absolute atomic E-state index is 0.0867. The van der Waals surface area contributed by atoms with E-state index in [0.717, 1.165) is 6.42 Å². The highest BCUT2D eigenvalue weighted by Gasteiger charge is 2.11. The number of amides is 1. The van der Waals surface area contributed by atoms with Crippen molar-refractivity contribution in [2.24, 2.45) is 5.92 Å². The lowest BCUT2D eigenvalue weighted by atomic mass is 9.90. The number of nitrogens with one attached hydrogen (secondary N) is 1. The van der Waals surface area contributed by atoms with Crippen LogP contribution in [0, 0.1) is 5.92 Å². The molecule has 0 fully saturated rings. The molecule has 1 unspecified atom stereocenters. The van der Waals surface area contributed by atoms with Gasteiger partial charge in [-0.25, -0.2) is 0 Å². The van der Waals surface area contributed by atoms with E-state index in [1.54, 1.807) is 13.1 Å². The van der Waals surface area contributed by atoms with Gasteiger partial charge in [0.15, 0.2) is 0 Å². The van der Waals surface area contributed by atoms with Crippen molar-refractivity contribution in [3.8, 4) is 0 Å². The Morgan fingerprint density at radius 3 is 2.58 bits per heavy atom. The predicted octanol–water partition coefficient (Wildman–Crippen LogP) is 4.40. The van der Waals surface area contributed by atoms with Gasteiger partial charge >= 0.3 is 0 Å². The fraction of sp³-hybridized carbons (Fsp3) is 0.588. The summed E-state index contributed by atoms with van der Waals surface area (Å²) in [6.07, 6.45) is 14.1. The zero-order chi connectivity index (χ0) is 14.5. The molecule has 0 aromatic carbocycles. The van der Waals surface area contributed by atoms with Crippen LogP contribution in [0.25, 0.3) is 0 Å². The van der Waals surface area contributed by atoms with Crippen molar-refractivity contribution in [2.45, 2.75) is 52.4 Å². The number of carbonyl (C=O) groups excluding carboxylic acids is 1. The van der Waals surface area contributed by atoms with Crippen LogP contribution >= 0.6 is 0 Å². The van der Waals surface area contributed by atoms with Gasteiger partial charge in [0.2, 0.25) is 5.91 Å². The largest absolute Gasteiger partial charge is 0.359 e. The van der Waals surface area contributed by atoms with Gasteiger partial charge in [0.1, 0.15) is 0 Å². The zero-order valence-corrected chi connectivity index (χ0v) is 12.7. The standard InChI is InChI=1S/C17H29NO/c1-5-8-10-12-16(14-17(19)18-4)13-15(7-3)11-9-6-2/h5,8,10,12,15H,1,6-7,9,11,13-14H2,2-4H3,(H,18,19)/b10-8-,16-12+. The third-order valence-electron chi connectivity index (χ3n) is 3.34. The molecule has 2 heteroatoms. The lowest BCUT2D eigenvalue weighted by Gasteiger charge is -2.16. The molecule has 0 bridgehead atoms. The highest BCUT2D eigenvalue weighted by molar-refractivity contribution is 5.78. The molecule has 0 aliphatic rings. The van der Waals surface area contributed by atoms with Gasteiger partial charge < -0.3 is 5.32 Å². The summed E-state index contributed by atoms with van der Waals surface area (Å²) < 4.78 is 0. The Morgan fingerprint density at radius 2 is 2.05 bits per heavy atom. The van der Waals surface area contributed by atoms with Gasteiger partial charge in [-0.15, -0.1) is 0 Å². The fourth-order valence-electron chi connectivity index (χ4n) is 2.08. The van der Waals surface area contributed by atoms with Crippen molar-refractivity contribution in [1.82, 2.24) is 5.32 Å². The van der Waals surface area contributed by atoms with Crippen LogP contribution in [0.4, 0.5) is 0 Å². The van der Waals surface area contributed by atoms with E-state index in [-0.39, 0.29) is 5.91 Å². The first-order valence-corrected chi connectivity index (χ1v) is 7.35. The minimum atomic E-state index is 0.0867. The lowest BCUT2D eigenvalue weighted by molar-refractivity contribution is -0.120. The van der Waals surface area contributed by atoms with Crippen molar-refractivity contribution in [3.05, 3.63) is 36.5 Å². The van der Waals surface area contributed by atoms with E-state index in [1.807, 2.05) is 12.2 Å². The number of allylic oxidation sites excluding steroid dienone is 4. The topological polar surface area (TPSA) is 29.1 Å². The highest BCUT2D eigenvalue weighted by Crippen LogP contribution is 2.23. The normalized spacial score (nSPS) is 13.5. The summed E-state index contributed by atoms with van der Waals surface area (Å²) in [5.74, 6) is 0.775. The summed E-state index contributed by atoms with van der Waals surface area (Å²) in [4.78, 5) is 11.5. The van der Waals surface area contributed by atoms with E-state index in [0.29, 0.717) is 12.3 Å². The summed E-state index contributed by atoms with van der Waals surface area (Å²) in [6, 6.07) is 0. The van der Waals surface area contributed by atoms with Crippen LogP contribution in [0.15, 0.2) is 36.5 Å². The summed E-state index contributed by atoms with van der Waals surface area (Å²) in [5.41, 5.74) is 1.21. The van der Waals surface area contributed by atoms with E-state index in [2.05, 4.69) is 31.8 Å². The number of unbranched alkanes of at least 4 members (excludes halogenated alkanes) is 1. The van der Waals surface area contributed by atoms with Gasteiger partial charge in [-0.05, 0) is 12.3 Å². The van der Waals surface area contributed by atoms with E-state index in [1.165, 1.54) is 31.3 Å². The maximum absolute atomic E-state index is 11.5. The molecule has 0 aliphatic heterocycles. The molecule has 19 heavy (non-hydrogen) atoms. The Bertz CT molecular complexity index is 315. The molecule has 0 spiro atoms. The number of carbonyl (C=O) groups is 1. The van der Waals surface area contributed by atoms with Crippen LogP contribution < -0.4 is 5.32 Å². The minimum Gasteiger partial charge on any atom is -0.359 e. The second kappa shape index (κ2) is 11.8. The Balaban J connectivity index is 4.61. The number of hydrogen-bond donors (Lipinski definition) is 1. The quantitative estimate of drug-likeness (QED) is 0.582. The molecule has 0 aliphatic carbocycles. The maximum atomic E-state index is 11.5. The van der Waals surface area contributed by atoms with Gasteiger partial charge in [0.25, 0.3) is 0 Å². The Kier molecular flexibility index (Phi) is 11.0. The maximum Gasteiger partial charge on any atom is 0.223 e.